The van der Waals surface area contributed by atoms with Crippen LogP contribution in [-0.4, -0.2) is 13.1 Å². The molecule has 0 fully saturated rings. The average Bonchev–Trinajstić information content (AvgIpc) is 2.53. The minimum absolute atomic E-state index is 0.185. The molecule has 0 saturated carbocycles. The van der Waals surface area contributed by atoms with Crippen LogP contribution in [0.25, 0.3) is 0 Å². The molecule has 0 spiro atoms. The molecule has 22 heavy (non-hydrogen) atoms. The summed E-state index contributed by atoms with van der Waals surface area (Å²) in [6.07, 6.45) is 0. The number of rotatable bonds is 5. The lowest BCUT2D eigenvalue weighted by Gasteiger charge is -2.16. The third-order valence-corrected chi connectivity index (χ3v) is 3.32. The van der Waals surface area contributed by atoms with Crippen molar-refractivity contribution in [2.75, 3.05) is 7.11 Å². The van der Waals surface area contributed by atoms with Gasteiger partial charge >= 0.3 is 6.03 Å². The van der Waals surface area contributed by atoms with Gasteiger partial charge in [-0.3, -0.25) is 0 Å². The number of nitrogens with one attached hydrogen (secondary N) is 2. The van der Waals surface area contributed by atoms with Crippen LogP contribution in [0, 0.1) is 5.82 Å². The van der Waals surface area contributed by atoms with Gasteiger partial charge in [-0.05, 0) is 30.2 Å². The second-order valence-electron chi connectivity index (χ2n) is 4.93. The molecule has 5 heteroatoms. The van der Waals surface area contributed by atoms with E-state index in [0.29, 0.717) is 12.1 Å². The lowest BCUT2D eigenvalue weighted by Crippen LogP contribution is -2.36. The van der Waals surface area contributed by atoms with Crippen LogP contribution in [0.3, 0.4) is 0 Å². The summed E-state index contributed by atoms with van der Waals surface area (Å²) >= 11 is 0. The number of ether oxygens (including phenoxy) is 1. The Balaban J connectivity index is 1.89. The Bertz CT molecular complexity index is 632. The van der Waals surface area contributed by atoms with E-state index in [9.17, 15) is 9.18 Å². The van der Waals surface area contributed by atoms with Gasteiger partial charge in [0.15, 0.2) is 11.6 Å². The fourth-order valence-corrected chi connectivity index (χ4v) is 2.06. The van der Waals surface area contributed by atoms with Gasteiger partial charge < -0.3 is 15.4 Å². The molecule has 0 unspecified atom stereocenters. The fourth-order valence-electron chi connectivity index (χ4n) is 2.06. The van der Waals surface area contributed by atoms with Crippen LogP contribution in [-0.2, 0) is 6.54 Å². The molecule has 2 aromatic rings. The highest BCUT2D eigenvalue weighted by Gasteiger charge is 2.12. The van der Waals surface area contributed by atoms with Crippen molar-refractivity contribution in [2.45, 2.75) is 19.5 Å². The van der Waals surface area contributed by atoms with Crippen molar-refractivity contribution >= 4 is 6.03 Å². The molecule has 2 aromatic carbocycles. The summed E-state index contributed by atoms with van der Waals surface area (Å²) in [6, 6.07) is 13.6. The smallest absolute Gasteiger partial charge is 0.315 e. The summed E-state index contributed by atoms with van der Waals surface area (Å²) in [5.74, 6) is -0.261. The van der Waals surface area contributed by atoms with Crippen molar-refractivity contribution < 1.29 is 13.9 Å². The van der Waals surface area contributed by atoms with Gasteiger partial charge in [0.2, 0.25) is 0 Å². The first-order valence-corrected chi connectivity index (χ1v) is 7.02. The number of carbonyl (C=O) groups is 1. The number of methoxy groups -OCH3 is 1. The van der Waals surface area contributed by atoms with Gasteiger partial charge in [-0.15, -0.1) is 0 Å². The van der Waals surface area contributed by atoms with E-state index in [1.165, 1.54) is 13.2 Å². The van der Waals surface area contributed by atoms with Gasteiger partial charge in [-0.2, -0.15) is 0 Å². The standard InChI is InChI=1S/C17H19FN2O2/c1-12(14-8-9-16(22-2)15(18)10-14)20-17(21)19-11-13-6-4-3-5-7-13/h3-10,12H,11H2,1-2H3,(H2,19,20,21)/t12-/m1/s1. The predicted molar refractivity (Wildman–Crippen MR) is 83.2 cm³/mol. The zero-order valence-electron chi connectivity index (χ0n) is 12.6. The molecule has 0 aliphatic rings. The Hall–Kier alpha value is -2.56. The number of urea groups is 1. The second-order valence-corrected chi connectivity index (χ2v) is 4.93. The lowest BCUT2D eigenvalue weighted by atomic mass is 10.1. The van der Waals surface area contributed by atoms with E-state index in [4.69, 9.17) is 4.74 Å². The maximum atomic E-state index is 13.7. The van der Waals surface area contributed by atoms with E-state index in [1.54, 1.807) is 19.1 Å². The highest BCUT2D eigenvalue weighted by molar-refractivity contribution is 5.74. The summed E-state index contributed by atoms with van der Waals surface area (Å²) in [7, 11) is 1.41. The van der Waals surface area contributed by atoms with Crippen molar-refractivity contribution in [3.05, 3.63) is 65.5 Å². The Morgan fingerprint density at radius 1 is 1.23 bits per heavy atom. The van der Waals surface area contributed by atoms with Gasteiger partial charge in [0.05, 0.1) is 13.2 Å². The quantitative estimate of drug-likeness (QED) is 0.889. The first-order valence-electron chi connectivity index (χ1n) is 7.02. The topological polar surface area (TPSA) is 50.4 Å². The molecule has 2 amide bonds. The molecular formula is C17H19FN2O2. The fraction of sp³-hybridized carbons (Fsp3) is 0.235. The Labute approximate surface area is 129 Å². The maximum absolute atomic E-state index is 13.7. The third kappa shape index (κ3) is 4.22. The molecule has 2 N–H and O–H groups in total. The van der Waals surface area contributed by atoms with E-state index in [1.807, 2.05) is 30.3 Å². The number of carbonyl (C=O) groups excluding carboxylic acids is 1. The van der Waals surface area contributed by atoms with Crippen LogP contribution < -0.4 is 15.4 Å². The molecule has 4 nitrogen and oxygen atoms in total. The van der Waals surface area contributed by atoms with Crippen LogP contribution in [0.2, 0.25) is 0 Å². The second kappa shape index (κ2) is 7.45. The third-order valence-electron chi connectivity index (χ3n) is 3.32. The van der Waals surface area contributed by atoms with E-state index in [-0.39, 0.29) is 17.8 Å². The van der Waals surface area contributed by atoms with Gasteiger partial charge in [-0.1, -0.05) is 36.4 Å². The van der Waals surface area contributed by atoms with E-state index in [2.05, 4.69) is 10.6 Å². The molecule has 2 rings (SSSR count). The normalized spacial score (nSPS) is 11.6. The number of hydrogen-bond donors (Lipinski definition) is 2. The number of benzene rings is 2. The van der Waals surface area contributed by atoms with Crippen molar-refractivity contribution in [2.24, 2.45) is 0 Å². The van der Waals surface area contributed by atoms with Crippen LogP contribution in [0.5, 0.6) is 5.75 Å². The Morgan fingerprint density at radius 2 is 1.95 bits per heavy atom. The Morgan fingerprint density at radius 3 is 2.59 bits per heavy atom. The maximum Gasteiger partial charge on any atom is 0.315 e. The van der Waals surface area contributed by atoms with E-state index >= 15 is 0 Å². The molecular weight excluding hydrogens is 283 g/mol. The van der Waals surface area contributed by atoms with Gasteiger partial charge in [-0.25, -0.2) is 9.18 Å². The molecule has 0 heterocycles. The molecule has 0 aliphatic carbocycles. The molecule has 0 aliphatic heterocycles. The first-order chi connectivity index (χ1) is 10.6. The van der Waals surface area contributed by atoms with Crippen molar-refractivity contribution in [3.63, 3.8) is 0 Å². The van der Waals surface area contributed by atoms with Gasteiger partial charge in [0.25, 0.3) is 0 Å². The van der Waals surface area contributed by atoms with Crippen LogP contribution in [0.1, 0.15) is 24.1 Å². The summed E-state index contributed by atoms with van der Waals surface area (Å²) < 4.78 is 18.5. The summed E-state index contributed by atoms with van der Waals surface area (Å²) in [6.45, 7) is 2.24. The number of amides is 2. The largest absolute Gasteiger partial charge is 0.494 e. The van der Waals surface area contributed by atoms with Crippen molar-refractivity contribution in [1.82, 2.24) is 10.6 Å². The van der Waals surface area contributed by atoms with Gasteiger partial charge in [0.1, 0.15) is 0 Å². The Kier molecular flexibility index (Phi) is 5.36. The molecule has 0 radical (unpaired) electrons. The minimum atomic E-state index is -0.446. The van der Waals surface area contributed by atoms with Crippen LogP contribution in [0.15, 0.2) is 48.5 Å². The molecule has 0 aromatic heterocycles. The SMILES string of the molecule is COc1ccc([C@@H](C)NC(=O)NCc2ccccc2)cc1F. The molecule has 0 bridgehead atoms. The number of halogens is 1. The predicted octanol–water partition coefficient (Wildman–Crippen LogP) is 3.39. The highest BCUT2D eigenvalue weighted by Crippen LogP contribution is 2.21. The summed E-state index contributed by atoms with van der Waals surface area (Å²) in [4.78, 5) is 11.9. The lowest BCUT2D eigenvalue weighted by molar-refractivity contribution is 0.237. The highest BCUT2D eigenvalue weighted by atomic mass is 19.1. The van der Waals surface area contributed by atoms with E-state index < -0.39 is 5.82 Å². The molecule has 1 atom stereocenters. The van der Waals surface area contributed by atoms with Crippen molar-refractivity contribution in [3.8, 4) is 5.75 Å². The molecule has 116 valence electrons. The van der Waals surface area contributed by atoms with Crippen LogP contribution in [0.4, 0.5) is 9.18 Å². The van der Waals surface area contributed by atoms with Crippen molar-refractivity contribution in [1.29, 1.82) is 0 Å². The monoisotopic (exact) mass is 302 g/mol. The van der Waals surface area contributed by atoms with Gasteiger partial charge in [0, 0.05) is 6.54 Å². The minimum Gasteiger partial charge on any atom is -0.494 e. The average molecular weight is 302 g/mol. The van der Waals surface area contributed by atoms with Crippen LogP contribution >= 0.6 is 0 Å². The zero-order valence-corrected chi connectivity index (χ0v) is 12.6. The summed E-state index contributed by atoms with van der Waals surface area (Å²) in [5, 5.41) is 5.54. The zero-order chi connectivity index (χ0) is 15.9. The number of hydrogen-bond acceptors (Lipinski definition) is 2. The summed E-state index contributed by atoms with van der Waals surface area (Å²) in [5.41, 5.74) is 1.69. The van der Waals surface area contributed by atoms with E-state index in [0.717, 1.165) is 5.56 Å². The first kappa shape index (κ1) is 15.8. The molecule has 0 saturated heterocycles.